The van der Waals surface area contributed by atoms with Crippen molar-refractivity contribution in [3.8, 4) is 0 Å². The minimum Gasteiger partial charge on any atom is -0.467 e. The van der Waals surface area contributed by atoms with E-state index in [1.807, 2.05) is 65.8 Å². The van der Waals surface area contributed by atoms with Gasteiger partial charge in [-0.1, -0.05) is 48.2 Å². The zero-order valence-corrected chi connectivity index (χ0v) is 26.9. The number of urea groups is 1. The first-order chi connectivity index (χ1) is 21.3. The van der Waals surface area contributed by atoms with Crippen LogP contribution in [0.15, 0.2) is 47.5 Å². The van der Waals surface area contributed by atoms with E-state index >= 15 is 0 Å². The van der Waals surface area contributed by atoms with Crippen LogP contribution in [0, 0.1) is 53.3 Å². The lowest BCUT2D eigenvalue weighted by Gasteiger charge is -2.23. The standard InChI is InChI=1S/C25H30FN3O4.C10H11NO/c1-14-11-15(2)21(16(3)12-14)29-25(32)27-20-13-18(26)9-10-19(20)23(30)28-22(24(31)33-4)17-7-5-6-8-17;1-7-4-8(2)10(11-6-12)9(3)5-7/h9-13,17,22H,5-8H2,1-4H3,(H,28,30)(H2,27,29,32);4-5H,1-3H3/t22-;/m0./s1. The number of hydrogen-bond acceptors (Lipinski definition) is 6. The van der Waals surface area contributed by atoms with Crippen LogP contribution in [0.25, 0.3) is 0 Å². The summed E-state index contributed by atoms with van der Waals surface area (Å²) in [5.74, 6) is -1.73. The van der Waals surface area contributed by atoms with Crippen molar-refractivity contribution in [1.82, 2.24) is 5.32 Å². The first-order valence-corrected chi connectivity index (χ1v) is 14.8. The summed E-state index contributed by atoms with van der Waals surface area (Å²) in [5, 5.41) is 8.07. The number of nitrogens with zero attached hydrogens (tertiary/aromatic N) is 1. The van der Waals surface area contributed by atoms with Crippen molar-refractivity contribution in [1.29, 1.82) is 0 Å². The minimum absolute atomic E-state index is 0.00227. The van der Waals surface area contributed by atoms with Crippen molar-refractivity contribution in [3.63, 3.8) is 0 Å². The fraction of sp³-hybridized carbons (Fsp3) is 0.371. The first kappa shape index (κ1) is 34.7. The number of halogens is 1. The number of esters is 1. The Labute approximate surface area is 263 Å². The van der Waals surface area contributed by atoms with Crippen LogP contribution in [0.5, 0.6) is 0 Å². The molecule has 45 heavy (non-hydrogen) atoms. The molecule has 10 heteroatoms. The predicted molar refractivity (Wildman–Crippen MR) is 173 cm³/mol. The third-order valence-electron chi connectivity index (χ3n) is 7.80. The van der Waals surface area contributed by atoms with E-state index < -0.39 is 29.8 Å². The maximum atomic E-state index is 14.0. The molecule has 3 amide bonds. The second kappa shape index (κ2) is 15.8. The van der Waals surface area contributed by atoms with Crippen molar-refractivity contribution in [3.05, 3.63) is 87.2 Å². The molecule has 0 aromatic heterocycles. The molecule has 1 atom stereocenters. The monoisotopic (exact) mass is 616 g/mol. The lowest BCUT2D eigenvalue weighted by Crippen LogP contribution is -2.46. The second-order valence-electron chi connectivity index (χ2n) is 11.5. The molecule has 0 aliphatic heterocycles. The molecule has 3 aromatic rings. The van der Waals surface area contributed by atoms with E-state index in [9.17, 15) is 23.6 Å². The van der Waals surface area contributed by atoms with Gasteiger partial charge in [-0.05, 0) is 101 Å². The molecule has 3 aromatic carbocycles. The molecular formula is C35H41FN4O5. The molecule has 0 saturated heterocycles. The summed E-state index contributed by atoms with van der Waals surface area (Å²) in [6.45, 7) is 11.6. The molecule has 3 N–H and O–H groups in total. The smallest absolute Gasteiger partial charge is 0.328 e. The van der Waals surface area contributed by atoms with Gasteiger partial charge in [-0.15, -0.1) is 0 Å². The number of hydrogen-bond donors (Lipinski definition) is 3. The fourth-order valence-electron chi connectivity index (χ4n) is 5.86. The highest BCUT2D eigenvalue weighted by Crippen LogP contribution is 2.29. The van der Waals surface area contributed by atoms with Gasteiger partial charge in [-0.2, -0.15) is 4.99 Å². The van der Waals surface area contributed by atoms with Gasteiger partial charge in [0.15, 0.2) is 0 Å². The van der Waals surface area contributed by atoms with Crippen LogP contribution in [0.1, 0.15) is 69.4 Å². The van der Waals surface area contributed by atoms with Gasteiger partial charge >= 0.3 is 12.0 Å². The topological polar surface area (TPSA) is 126 Å². The molecular weight excluding hydrogens is 575 g/mol. The Morgan fingerprint density at radius 1 is 0.867 bits per heavy atom. The van der Waals surface area contributed by atoms with Crippen molar-refractivity contribution in [2.75, 3.05) is 17.7 Å². The summed E-state index contributed by atoms with van der Waals surface area (Å²) in [7, 11) is 1.28. The van der Waals surface area contributed by atoms with E-state index in [0.29, 0.717) is 5.69 Å². The number of nitrogens with one attached hydrogen (secondary N) is 3. The molecule has 1 aliphatic carbocycles. The maximum Gasteiger partial charge on any atom is 0.328 e. The first-order valence-electron chi connectivity index (χ1n) is 14.8. The lowest BCUT2D eigenvalue weighted by atomic mass is 9.97. The molecule has 0 unspecified atom stereocenters. The van der Waals surface area contributed by atoms with Crippen molar-refractivity contribution in [2.45, 2.75) is 73.3 Å². The third-order valence-corrected chi connectivity index (χ3v) is 7.80. The molecule has 0 radical (unpaired) electrons. The zero-order chi connectivity index (χ0) is 33.3. The number of ether oxygens (including phenoxy) is 1. The van der Waals surface area contributed by atoms with Gasteiger partial charge in [-0.25, -0.2) is 18.8 Å². The van der Waals surface area contributed by atoms with Crippen molar-refractivity contribution >= 4 is 41.0 Å². The molecule has 238 valence electrons. The van der Waals surface area contributed by atoms with E-state index in [1.54, 1.807) is 6.08 Å². The van der Waals surface area contributed by atoms with Gasteiger partial charge in [-0.3, -0.25) is 4.79 Å². The van der Waals surface area contributed by atoms with E-state index in [2.05, 4.69) is 20.9 Å². The normalized spacial score (nSPS) is 13.1. The Morgan fingerprint density at radius 3 is 1.96 bits per heavy atom. The van der Waals surface area contributed by atoms with Crippen molar-refractivity contribution in [2.24, 2.45) is 10.9 Å². The predicted octanol–water partition coefficient (Wildman–Crippen LogP) is 7.44. The lowest BCUT2D eigenvalue weighted by molar-refractivity contribution is -0.144. The molecule has 4 rings (SSSR count). The number of carbonyl (C=O) groups is 3. The van der Waals surface area contributed by atoms with E-state index in [0.717, 1.165) is 71.3 Å². The SMILES string of the molecule is COC(=O)[C@@H](NC(=O)c1ccc(F)cc1NC(=O)Nc1c(C)cc(C)cc1C)C1CCCC1.Cc1cc(C)c(N=C=O)c(C)c1. The van der Waals surface area contributed by atoms with Crippen LogP contribution >= 0.6 is 0 Å². The Balaban J connectivity index is 0.000000385. The summed E-state index contributed by atoms with van der Waals surface area (Å²) in [5.41, 5.74) is 7.53. The van der Waals surface area contributed by atoms with E-state index in [-0.39, 0.29) is 17.2 Å². The van der Waals surface area contributed by atoms with Crippen molar-refractivity contribution < 1.29 is 28.3 Å². The van der Waals surface area contributed by atoms with Crippen LogP contribution < -0.4 is 16.0 Å². The maximum absolute atomic E-state index is 14.0. The number of carbonyl (C=O) groups excluding carboxylic acids is 4. The number of methoxy groups -OCH3 is 1. The quantitative estimate of drug-likeness (QED) is 0.145. The van der Waals surface area contributed by atoms with Gasteiger partial charge in [0, 0.05) is 5.69 Å². The van der Waals surface area contributed by atoms with Crippen LogP contribution in [-0.2, 0) is 14.3 Å². The zero-order valence-electron chi connectivity index (χ0n) is 26.9. The molecule has 1 fully saturated rings. The third kappa shape index (κ3) is 9.33. The van der Waals surface area contributed by atoms with Gasteiger partial charge in [0.1, 0.15) is 11.9 Å². The number of aryl methyl sites for hydroxylation is 6. The summed E-state index contributed by atoms with van der Waals surface area (Å²) in [6, 6.07) is 9.98. The highest BCUT2D eigenvalue weighted by Gasteiger charge is 2.33. The Bertz CT molecular complexity index is 1580. The molecule has 1 aliphatic rings. The van der Waals surface area contributed by atoms with E-state index in [1.165, 1.54) is 18.7 Å². The summed E-state index contributed by atoms with van der Waals surface area (Å²) in [6.07, 6.45) is 5.15. The fourth-order valence-corrected chi connectivity index (χ4v) is 5.86. The van der Waals surface area contributed by atoms with Crippen LogP contribution in [-0.4, -0.2) is 37.1 Å². The number of anilines is 2. The van der Waals surface area contributed by atoms with Crippen LogP contribution in [0.3, 0.4) is 0 Å². The molecule has 0 spiro atoms. The highest BCUT2D eigenvalue weighted by molar-refractivity contribution is 6.07. The molecule has 0 heterocycles. The summed E-state index contributed by atoms with van der Waals surface area (Å²) >= 11 is 0. The van der Waals surface area contributed by atoms with E-state index in [4.69, 9.17) is 4.74 Å². The van der Waals surface area contributed by atoms with Gasteiger partial charge in [0.25, 0.3) is 5.91 Å². The number of benzene rings is 3. The number of isocyanates is 1. The second-order valence-corrected chi connectivity index (χ2v) is 11.5. The Morgan fingerprint density at radius 2 is 1.42 bits per heavy atom. The van der Waals surface area contributed by atoms with Gasteiger partial charge < -0.3 is 20.7 Å². The number of aliphatic imine (C=N–C) groups is 1. The summed E-state index contributed by atoms with van der Waals surface area (Å²) < 4.78 is 18.9. The minimum atomic E-state index is -0.797. The Kier molecular flexibility index (Phi) is 12.1. The average molecular weight is 617 g/mol. The molecule has 1 saturated carbocycles. The largest absolute Gasteiger partial charge is 0.467 e. The average Bonchev–Trinajstić information content (AvgIpc) is 3.50. The van der Waals surface area contributed by atoms with Gasteiger partial charge in [0.2, 0.25) is 6.08 Å². The van der Waals surface area contributed by atoms with Crippen LogP contribution in [0.2, 0.25) is 0 Å². The molecule has 0 bridgehead atoms. The van der Waals surface area contributed by atoms with Gasteiger partial charge in [0.05, 0.1) is 24.0 Å². The van der Waals surface area contributed by atoms with Crippen LogP contribution in [0.4, 0.5) is 26.2 Å². The summed E-state index contributed by atoms with van der Waals surface area (Å²) in [4.78, 5) is 51.7. The molecule has 9 nitrogen and oxygen atoms in total. The number of amides is 3. The number of rotatable bonds is 7. The Hall–Kier alpha value is -4.82. The highest BCUT2D eigenvalue weighted by atomic mass is 19.1.